The number of rotatable bonds is 7. The molecule has 0 N–H and O–H groups in total. The van der Waals surface area contributed by atoms with E-state index < -0.39 is 0 Å². The van der Waals surface area contributed by atoms with Gasteiger partial charge in [-0.25, -0.2) is 0 Å². The van der Waals surface area contributed by atoms with Crippen molar-refractivity contribution in [3.8, 4) is 0 Å². The highest BCUT2D eigenvalue weighted by Gasteiger charge is 2.04. The summed E-state index contributed by atoms with van der Waals surface area (Å²) < 4.78 is 5.55. The minimum Gasteiger partial charge on any atom is -0.374 e. The molecule has 0 aromatic rings. The Morgan fingerprint density at radius 3 is 2.18 bits per heavy atom. The van der Waals surface area contributed by atoms with Gasteiger partial charge in [0.2, 0.25) is 0 Å². The summed E-state index contributed by atoms with van der Waals surface area (Å²) in [4.78, 5) is 0. The average Bonchev–Trinajstić information content (AvgIpc) is 2.01. The van der Waals surface area contributed by atoms with Gasteiger partial charge in [-0.2, -0.15) is 0 Å². The standard InChI is InChI=1S/C10H20O/c1-4-7-10(8-5-2)11-9-6-3/h6,10H,3-5,7-9H2,1-2H3. The van der Waals surface area contributed by atoms with Crippen molar-refractivity contribution >= 4 is 0 Å². The zero-order chi connectivity index (χ0) is 8.53. The normalized spacial score (nSPS) is 10.5. The smallest absolute Gasteiger partial charge is 0.0648 e. The van der Waals surface area contributed by atoms with Gasteiger partial charge in [-0.15, -0.1) is 6.58 Å². The van der Waals surface area contributed by atoms with Crippen LogP contribution in [0.2, 0.25) is 0 Å². The monoisotopic (exact) mass is 156 g/mol. The molecule has 0 aromatic carbocycles. The fourth-order valence-corrected chi connectivity index (χ4v) is 1.16. The van der Waals surface area contributed by atoms with Gasteiger partial charge in [0.15, 0.2) is 0 Å². The summed E-state index contributed by atoms with van der Waals surface area (Å²) in [7, 11) is 0. The summed E-state index contributed by atoms with van der Waals surface area (Å²) in [5, 5.41) is 0. The van der Waals surface area contributed by atoms with Crippen molar-refractivity contribution in [3.05, 3.63) is 12.7 Å². The van der Waals surface area contributed by atoms with Gasteiger partial charge in [0.05, 0.1) is 12.7 Å². The Morgan fingerprint density at radius 2 is 1.82 bits per heavy atom. The van der Waals surface area contributed by atoms with Crippen molar-refractivity contribution in [2.24, 2.45) is 0 Å². The zero-order valence-corrected chi connectivity index (χ0v) is 7.81. The molecule has 0 saturated carbocycles. The maximum Gasteiger partial charge on any atom is 0.0648 e. The molecule has 0 heterocycles. The lowest BCUT2D eigenvalue weighted by atomic mass is 10.1. The fraction of sp³-hybridized carbons (Fsp3) is 0.800. The Bertz CT molecular complexity index is 82.9. The predicted octanol–water partition coefficient (Wildman–Crippen LogP) is 3.16. The van der Waals surface area contributed by atoms with E-state index in [0.717, 1.165) is 0 Å². The highest BCUT2D eigenvalue weighted by Crippen LogP contribution is 2.08. The molecule has 0 aromatic heterocycles. The molecule has 0 aliphatic heterocycles. The second-order valence-electron chi connectivity index (χ2n) is 2.82. The third-order valence-electron chi connectivity index (χ3n) is 1.67. The summed E-state index contributed by atoms with van der Waals surface area (Å²) in [5.74, 6) is 0. The number of hydrogen-bond acceptors (Lipinski definition) is 1. The van der Waals surface area contributed by atoms with Crippen LogP contribution in [0.3, 0.4) is 0 Å². The molecular weight excluding hydrogens is 136 g/mol. The molecule has 0 atom stereocenters. The molecule has 0 amide bonds. The van der Waals surface area contributed by atoms with E-state index in [9.17, 15) is 0 Å². The Hall–Kier alpha value is -0.300. The molecule has 0 spiro atoms. The van der Waals surface area contributed by atoms with Gasteiger partial charge in [-0.3, -0.25) is 0 Å². The summed E-state index contributed by atoms with van der Waals surface area (Å²) >= 11 is 0. The SMILES string of the molecule is C=CCOC(CCC)CCC. The van der Waals surface area contributed by atoms with Crippen molar-refractivity contribution < 1.29 is 4.74 Å². The van der Waals surface area contributed by atoms with E-state index in [1.165, 1.54) is 25.7 Å². The number of hydrogen-bond donors (Lipinski definition) is 0. The first-order chi connectivity index (χ1) is 5.35. The first-order valence-corrected chi connectivity index (χ1v) is 4.57. The Morgan fingerprint density at radius 1 is 1.27 bits per heavy atom. The van der Waals surface area contributed by atoms with Crippen LogP contribution >= 0.6 is 0 Å². The fourth-order valence-electron chi connectivity index (χ4n) is 1.16. The van der Waals surface area contributed by atoms with Gasteiger partial charge in [0.1, 0.15) is 0 Å². The molecular formula is C10H20O. The van der Waals surface area contributed by atoms with Crippen LogP contribution < -0.4 is 0 Å². The second-order valence-corrected chi connectivity index (χ2v) is 2.82. The van der Waals surface area contributed by atoms with E-state index in [1.807, 2.05) is 6.08 Å². The minimum atomic E-state index is 0.461. The van der Waals surface area contributed by atoms with E-state index in [0.29, 0.717) is 12.7 Å². The molecule has 1 nitrogen and oxygen atoms in total. The number of ether oxygens (including phenoxy) is 1. The largest absolute Gasteiger partial charge is 0.374 e. The highest BCUT2D eigenvalue weighted by molar-refractivity contribution is 4.66. The van der Waals surface area contributed by atoms with Crippen LogP contribution in [0.4, 0.5) is 0 Å². The molecule has 11 heavy (non-hydrogen) atoms. The van der Waals surface area contributed by atoms with Crippen LogP contribution in [-0.2, 0) is 4.74 Å². The maximum atomic E-state index is 5.55. The third-order valence-corrected chi connectivity index (χ3v) is 1.67. The Balaban J connectivity index is 3.41. The van der Waals surface area contributed by atoms with Crippen LogP contribution in [0.5, 0.6) is 0 Å². The van der Waals surface area contributed by atoms with Crippen LogP contribution in [0.1, 0.15) is 39.5 Å². The lowest BCUT2D eigenvalue weighted by molar-refractivity contribution is 0.0604. The molecule has 0 bridgehead atoms. The zero-order valence-electron chi connectivity index (χ0n) is 7.81. The highest BCUT2D eigenvalue weighted by atomic mass is 16.5. The van der Waals surface area contributed by atoms with E-state index in [-0.39, 0.29) is 0 Å². The Kier molecular flexibility index (Phi) is 7.59. The lowest BCUT2D eigenvalue weighted by Crippen LogP contribution is -2.12. The minimum absolute atomic E-state index is 0.461. The summed E-state index contributed by atoms with van der Waals surface area (Å²) in [6.45, 7) is 8.72. The predicted molar refractivity (Wildman–Crippen MR) is 49.8 cm³/mol. The van der Waals surface area contributed by atoms with E-state index in [2.05, 4.69) is 20.4 Å². The van der Waals surface area contributed by atoms with Crippen molar-refractivity contribution in [1.82, 2.24) is 0 Å². The van der Waals surface area contributed by atoms with Gasteiger partial charge in [-0.1, -0.05) is 32.8 Å². The molecule has 0 aliphatic rings. The van der Waals surface area contributed by atoms with Gasteiger partial charge in [0.25, 0.3) is 0 Å². The van der Waals surface area contributed by atoms with Gasteiger partial charge in [-0.05, 0) is 12.8 Å². The molecule has 0 saturated heterocycles. The van der Waals surface area contributed by atoms with Gasteiger partial charge in [0, 0.05) is 0 Å². The first kappa shape index (κ1) is 10.7. The summed E-state index contributed by atoms with van der Waals surface area (Å²) in [6.07, 6.45) is 7.06. The molecule has 0 fully saturated rings. The Labute approximate surface area is 70.4 Å². The van der Waals surface area contributed by atoms with E-state index >= 15 is 0 Å². The quantitative estimate of drug-likeness (QED) is 0.514. The second kappa shape index (κ2) is 7.80. The van der Waals surface area contributed by atoms with Crippen LogP contribution in [0.25, 0.3) is 0 Å². The first-order valence-electron chi connectivity index (χ1n) is 4.57. The van der Waals surface area contributed by atoms with Crippen molar-refractivity contribution in [2.45, 2.75) is 45.6 Å². The van der Waals surface area contributed by atoms with Crippen LogP contribution in [0, 0.1) is 0 Å². The summed E-state index contributed by atoms with van der Waals surface area (Å²) in [6, 6.07) is 0. The lowest BCUT2D eigenvalue weighted by Gasteiger charge is -2.14. The van der Waals surface area contributed by atoms with Crippen LogP contribution in [-0.4, -0.2) is 12.7 Å². The van der Waals surface area contributed by atoms with Crippen molar-refractivity contribution in [3.63, 3.8) is 0 Å². The van der Waals surface area contributed by atoms with Gasteiger partial charge < -0.3 is 4.74 Å². The van der Waals surface area contributed by atoms with Crippen LogP contribution in [0.15, 0.2) is 12.7 Å². The molecule has 1 heteroatoms. The maximum absolute atomic E-state index is 5.55. The molecule has 0 radical (unpaired) electrons. The third kappa shape index (κ3) is 6.11. The van der Waals surface area contributed by atoms with Crippen molar-refractivity contribution in [2.75, 3.05) is 6.61 Å². The summed E-state index contributed by atoms with van der Waals surface area (Å²) in [5.41, 5.74) is 0. The van der Waals surface area contributed by atoms with E-state index in [1.54, 1.807) is 0 Å². The molecule has 0 rings (SSSR count). The average molecular weight is 156 g/mol. The van der Waals surface area contributed by atoms with Crippen molar-refractivity contribution in [1.29, 1.82) is 0 Å². The molecule has 0 unspecified atom stereocenters. The molecule has 0 aliphatic carbocycles. The van der Waals surface area contributed by atoms with Gasteiger partial charge >= 0.3 is 0 Å². The van der Waals surface area contributed by atoms with E-state index in [4.69, 9.17) is 4.74 Å². The topological polar surface area (TPSA) is 9.23 Å². The molecule has 66 valence electrons.